The van der Waals surface area contributed by atoms with E-state index in [0.717, 1.165) is 36.8 Å². The van der Waals surface area contributed by atoms with Crippen LogP contribution in [0.25, 0.3) is 0 Å². The Morgan fingerprint density at radius 2 is 0.882 bits per heavy atom. The Morgan fingerprint density at radius 1 is 0.544 bits per heavy atom. The molecule has 0 saturated carbocycles. The van der Waals surface area contributed by atoms with Crippen molar-refractivity contribution < 1.29 is 45.5 Å². The van der Waals surface area contributed by atoms with Gasteiger partial charge in [-0.2, -0.15) is 26.3 Å². The molecule has 0 saturated heterocycles. The zero-order valence-corrected chi connectivity index (χ0v) is 42.0. The molecule has 0 fully saturated rings. The van der Waals surface area contributed by atoms with Crippen molar-refractivity contribution in [2.75, 3.05) is 39.3 Å². The number of unbranched alkanes of at least 4 members (excludes halogenated alkanes) is 1. The third-order valence-electron chi connectivity index (χ3n) is 12.3. The van der Waals surface area contributed by atoms with Gasteiger partial charge in [0.1, 0.15) is 0 Å². The number of hydrogen-bond donors (Lipinski definition) is 2. The molecule has 0 heterocycles. The van der Waals surface area contributed by atoms with Crippen LogP contribution in [0, 0.1) is 10.8 Å². The Labute approximate surface area is 401 Å². The Kier molecular flexibility index (Phi) is 24.1. The van der Waals surface area contributed by atoms with Crippen LogP contribution in [-0.4, -0.2) is 85.0 Å². The van der Waals surface area contributed by atoms with Crippen molar-refractivity contribution in [3.8, 4) is 0 Å². The lowest BCUT2D eigenvalue weighted by Crippen LogP contribution is -2.39. The first-order chi connectivity index (χ1) is 31.6. The molecule has 2 rings (SSSR count). The highest BCUT2D eigenvalue weighted by Gasteiger charge is 2.39. The first-order valence-electron chi connectivity index (χ1n) is 23.7. The number of hydrogen-bond acceptors (Lipinski definition) is 4. The van der Waals surface area contributed by atoms with Crippen molar-refractivity contribution in [2.45, 2.75) is 146 Å². The van der Waals surface area contributed by atoms with E-state index in [1.807, 2.05) is 48.8 Å². The Morgan fingerprint density at radius 3 is 1.21 bits per heavy atom. The number of halogens is 6. The molecule has 8 nitrogen and oxygen atoms in total. The highest BCUT2D eigenvalue weighted by atomic mass is 19.4. The molecule has 2 N–H and O–H groups in total. The monoisotopic (exact) mass is 959 g/mol. The Bertz CT molecular complexity index is 1930. The molecule has 2 aliphatic rings. The molecule has 0 bridgehead atoms. The van der Waals surface area contributed by atoms with Crippen LogP contribution in [0.4, 0.5) is 26.3 Å². The number of nitrogens with one attached hydrogen (secondary N) is 2. The molecular formula is C54H76F6N4O4. The summed E-state index contributed by atoms with van der Waals surface area (Å²) in [6.45, 7) is 20.7. The highest BCUT2D eigenvalue weighted by molar-refractivity contribution is 5.89. The molecule has 0 spiro atoms. The van der Waals surface area contributed by atoms with Crippen molar-refractivity contribution in [2.24, 2.45) is 10.8 Å². The average Bonchev–Trinajstić information content (AvgIpc) is 3.21. The molecule has 68 heavy (non-hydrogen) atoms. The minimum Gasteiger partial charge on any atom is -0.348 e. The fourth-order valence-electron chi connectivity index (χ4n) is 8.35. The Hall–Kier alpha value is -5.14. The second-order valence-corrected chi connectivity index (χ2v) is 19.4. The predicted molar refractivity (Wildman–Crippen MR) is 262 cm³/mol. The van der Waals surface area contributed by atoms with E-state index in [9.17, 15) is 45.5 Å². The van der Waals surface area contributed by atoms with E-state index in [2.05, 4.69) is 65.8 Å². The Balaban J connectivity index is 2.20. The molecule has 0 aliphatic heterocycles. The number of rotatable bonds is 23. The van der Waals surface area contributed by atoms with Gasteiger partial charge < -0.3 is 20.4 Å². The standard InChI is InChI=1S/C54H76F6N4O4/c1-39(25-27-45-43(5)23-15-29-51(45,7)8)19-13-21-41(3)37-47(65)63(35-17-31-61-49(67)53(55,56)57)33-11-12-34-64(36-18-32-62-50(68)54(58,59)60)48(66)38-42(4)22-14-20-40(2)26-28-46-44(6)24-16-30-52(46,9)10/h13-14,19-22,25-28,37-38H,11-12,15-18,23-24,29-36H2,1-10H3,(H,61,67)(H,62,68)/b21-13+,22-14+,27-25+,28-26+,39-19+,40-20+,41-37+,42-38+. The van der Waals surface area contributed by atoms with Gasteiger partial charge in [0, 0.05) is 51.4 Å². The van der Waals surface area contributed by atoms with Crippen molar-refractivity contribution in [1.82, 2.24) is 20.4 Å². The second-order valence-electron chi connectivity index (χ2n) is 19.4. The van der Waals surface area contributed by atoms with Gasteiger partial charge in [-0.1, -0.05) is 111 Å². The van der Waals surface area contributed by atoms with Crippen molar-refractivity contribution in [1.29, 1.82) is 0 Å². The zero-order chi connectivity index (χ0) is 51.3. The van der Waals surface area contributed by atoms with E-state index in [-0.39, 0.29) is 74.8 Å². The second kappa shape index (κ2) is 27.8. The van der Waals surface area contributed by atoms with Gasteiger partial charge in [-0.3, -0.25) is 19.2 Å². The first kappa shape index (κ1) is 59.0. The normalized spacial score (nSPS) is 17.8. The molecule has 0 aromatic rings. The van der Waals surface area contributed by atoms with Gasteiger partial charge in [0.2, 0.25) is 11.8 Å². The summed E-state index contributed by atoms with van der Waals surface area (Å²) in [5, 5.41) is 3.66. The number of carbonyl (C=O) groups is 4. The van der Waals surface area contributed by atoms with Gasteiger partial charge in [-0.25, -0.2) is 0 Å². The molecule has 4 amide bonds. The molecule has 0 radical (unpaired) electrons. The van der Waals surface area contributed by atoms with Crippen LogP contribution in [0.3, 0.4) is 0 Å². The summed E-state index contributed by atoms with van der Waals surface area (Å²) in [4.78, 5) is 52.8. The number of alkyl halides is 6. The highest BCUT2D eigenvalue weighted by Crippen LogP contribution is 2.42. The predicted octanol–water partition coefficient (Wildman–Crippen LogP) is 12.6. The molecule has 2 aliphatic carbocycles. The summed E-state index contributed by atoms with van der Waals surface area (Å²) in [5.41, 5.74) is 9.00. The summed E-state index contributed by atoms with van der Waals surface area (Å²) in [6, 6.07) is 0. The molecule has 0 atom stereocenters. The van der Waals surface area contributed by atoms with E-state index in [4.69, 9.17) is 0 Å². The fourth-order valence-corrected chi connectivity index (χ4v) is 8.35. The number of nitrogens with zero attached hydrogens (tertiary/aromatic N) is 2. The number of allylic oxidation sites excluding steroid dienone is 18. The molecule has 378 valence electrons. The summed E-state index contributed by atoms with van der Waals surface area (Å²) < 4.78 is 76.8. The maximum absolute atomic E-state index is 13.6. The SMILES string of the molecule is CC1=C(/C=C/C(C)=C/C=C/C(C)=C/C(=O)N(CCCCN(CCCNC(=O)C(F)(F)F)C(=O)/C=C(C)/C=C/C=C(C)/C=C/C2=C(C)CCCC2(C)C)CCCNC(=O)C(F)(F)F)C(C)(C)CCC1. The van der Waals surface area contributed by atoms with Crippen molar-refractivity contribution >= 4 is 23.6 Å². The van der Waals surface area contributed by atoms with E-state index >= 15 is 0 Å². The summed E-state index contributed by atoms with van der Waals surface area (Å²) in [5.74, 6) is -4.92. The fraction of sp³-hybridized carbons (Fsp3) is 0.556. The zero-order valence-electron chi connectivity index (χ0n) is 42.0. The van der Waals surface area contributed by atoms with Crippen LogP contribution in [0.15, 0.2) is 117 Å². The maximum Gasteiger partial charge on any atom is 0.471 e. The smallest absolute Gasteiger partial charge is 0.348 e. The van der Waals surface area contributed by atoms with Crippen LogP contribution in [0.5, 0.6) is 0 Å². The summed E-state index contributed by atoms with van der Waals surface area (Å²) in [6.07, 6.45) is 20.0. The van der Waals surface area contributed by atoms with Gasteiger partial charge >= 0.3 is 24.2 Å². The van der Waals surface area contributed by atoms with E-state index in [0.29, 0.717) is 24.0 Å². The molecule has 0 aromatic carbocycles. The summed E-state index contributed by atoms with van der Waals surface area (Å²) in [7, 11) is 0. The number of amides is 4. The van der Waals surface area contributed by atoms with Crippen LogP contribution < -0.4 is 10.6 Å². The minimum absolute atomic E-state index is 0.0366. The minimum atomic E-state index is -5.04. The van der Waals surface area contributed by atoms with E-state index in [1.54, 1.807) is 26.0 Å². The van der Waals surface area contributed by atoms with E-state index in [1.165, 1.54) is 57.1 Å². The lowest BCUT2D eigenvalue weighted by atomic mass is 9.72. The lowest BCUT2D eigenvalue weighted by molar-refractivity contribution is -0.173. The number of carbonyl (C=O) groups excluding carboxylic acids is 4. The molecular weight excluding hydrogens is 883 g/mol. The quantitative estimate of drug-likeness (QED) is 0.0461. The van der Waals surface area contributed by atoms with Gasteiger partial charge in [-0.05, 0) is 139 Å². The third-order valence-corrected chi connectivity index (χ3v) is 12.3. The van der Waals surface area contributed by atoms with Gasteiger partial charge in [0.25, 0.3) is 0 Å². The van der Waals surface area contributed by atoms with Crippen LogP contribution in [0.2, 0.25) is 0 Å². The van der Waals surface area contributed by atoms with Gasteiger partial charge in [-0.15, -0.1) is 0 Å². The summed E-state index contributed by atoms with van der Waals surface area (Å²) >= 11 is 0. The third kappa shape index (κ3) is 21.9. The first-order valence-corrected chi connectivity index (χ1v) is 23.7. The van der Waals surface area contributed by atoms with Crippen LogP contribution in [0.1, 0.15) is 133 Å². The van der Waals surface area contributed by atoms with Gasteiger partial charge in [0.15, 0.2) is 0 Å². The maximum atomic E-state index is 13.6. The molecule has 0 aromatic heterocycles. The van der Waals surface area contributed by atoms with E-state index < -0.39 is 24.2 Å². The van der Waals surface area contributed by atoms with Crippen molar-refractivity contribution in [3.05, 3.63) is 117 Å². The largest absolute Gasteiger partial charge is 0.471 e. The van der Waals surface area contributed by atoms with Crippen LogP contribution >= 0.6 is 0 Å². The molecule has 0 unspecified atom stereocenters. The van der Waals surface area contributed by atoms with Crippen molar-refractivity contribution in [3.63, 3.8) is 0 Å². The topological polar surface area (TPSA) is 98.8 Å². The lowest BCUT2D eigenvalue weighted by Gasteiger charge is -2.33. The van der Waals surface area contributed by atoms with Crippen LogP contribution in [-0.2, 0) is 19.2 Å². The molecule has 14 heteroatoms. The average molecular weight is 959 g/mol. The van der Waals surface area contributed by atoms with Gasteiger partial charge in [0.05, 0.1) is 0 Å².